The van der Waals surface area contributed by atoms with Crippen molar-refractivity contribution >= 4 is 29.0 Å². The standard InChI is InChI=1S/C14H21N3OS/c1-3-16-14(18)10-4-5-13(12(15)8-10)17(2)11-6-7-19-9-11/h4-5,8,11H,3,6-7,9,15H2,1-2H3,(H,16,18). The summed E-state index contributed by atoms with van der Waals surface area (Å²) in [5.74, 6) is 2.29. The highest BCUT2D eigenvalue weighted by molar-refractivity contribution is 7.99. The summed E-state index contributed by atoms with van der Waals surface area (Å²) in [6.45, 7) is 2.53. The predicted octanol–water partition coefficient (Wildman–Crippen LogP) is 1.96. The van der Waals surface area contributed by atoms with Gasteiger partial charge in [0.1, 0.15) is 0 Å². The lowest BCUT2D eigenvalue weighted by atomic mass is 10.1. The SMILES string of the molecule is CCNC(=O)c1ccc(N(C)C2CCSC2)c(N)c1. The fourth-order valence-corrected chi connectivity index (χ4v) is 3.57. The van der Waals surface area contributed by atoms with E-state index in [1.54, 1.807) is 6.07 Å². The third-order valence-corrected chi connectivity index (χ3v) is 4.61. The number of thioether (sulfide) groups is 1. The molecule has 19 heavy (non-hydrogen) atoms. The lowest BCUT2D eigenvalue weighted by Crippen LogP contribution is -2.32. The number of carbonyl (C=O) groups is 1. The molecular formula is C14H21N3OS. The van der Waals surface area contributed by atoms with E-state index in [1.165, 1.54) is 12.2 Å². The van der Waals surface area contributed by atoms with Gasteiger partial charge in [0.2, 0.25) is 0 Å². The van der Waals surface area contributed by atoms with Crippen LogP contribution >= 0.6 is 11.8 Å². The van der Waals surface area contributed by atoms with Gasteiger partial charge < -0.3 is 16.0 Å². The Morgan fingerprint density at radius 2 is 2.37 bits per heavy atom. The van der Waals surface area contributed by atoms with Gasteiger partial charge in [-0.25, -0.2) is 0 Å². The molecule has 5 heteroatoms. The van der Waals surface area contributed by atoms with Gasteiger partial charge >= 0.3 is 0 Å². The third-order valence-electron chi connectivity index (χ3n) is 3.46. The minimum atomic E-state index is -0.0696. The van der Waals surface area contributed by atoms with Crippen molar-refractivity contribution in [3.63, 3.8) is 0 Å². The average molecular weight is 279 g/mol. The number of rotatable bonds is 4. The second kappa shape index (κ2) is 6.19. The van der Waals surface area contributed by atoms with Crippen LogP contribution in [0.1, 0.15) is 23.7 Å². The second-order valence-electron chi connectivity index (χ2n) is 4.76. The van der Waals surface area contributed by atoms with Gasteiger partial charge in [-0.1, -0.05) is 0 Å². The molecule has 1 saturated heterocycles. The van der Waals surface area contributed by atoms with E-state index in [2.05, 4.69) is 17.3 Å². The highest BCUT2D eigenvalue weighted by atomic mass is 32.2. The van der Waals surface area contributed by atoms with Crippen molar-refractivity contribution in [2.24, 2.45) is 0 Å². The molecule has 104 valence electrons. The number of hydrogen-bond acceptors (Lipinski definition) is 4. The molecule has 0 aliphatic carbocycles. The molecule has 0 saturated carbocycles. The molecule has 0 bridgehead atoms. The number of nitrogens with one attached hydrogen (secondary N) is 1. The molecule has 0 radical (unpaired) electrons. The summed E-state index contributed by atoms with van der Waals surface area (Å²) in [6.07, 6.45) is 1.19. The maximum absolute atomic E-state index is 11.8. The molecular weight excluding hydrogens is 258 g/mol. The van der Waals surface area contributed by atoms with Gasteiger partial charge in [-0.3, -0.25) is 4.79 Å². The van der Waals surface area contributed by atoms with Gasteiger partial charge in [-0.15, -0.1) is 0 Å². The van der Waals surface area contributed by atoms with Crippen LogP contribution in [0.5, 0.6) is 0 Å². The first kappa shape index (κ1) is 14.1. The number of carbonyl (C=O) groups excluding carboxylic acids is 1. The number of hydrogen-bond donors (Lipinski definition) is 2. The van der Waals surface area contributed by atoms with Gasteiger partial charge in [0, 0.05) is 31.0 Å². The molecule has 2 rings (SSSR count). The third kappa shape index (κ3) is 3.15. The molecule has 3 N–H and O–H groups in total. The summed E-state index contributed by atoms with van der Waals surface area (Å²) >= 11 is 1.98. The normalized spacial score (nSPS) is 18.3. The summed E-state index contributed by atoms with van der Waals surface area (Å²) in [5.41, 5.74) is 8.40. The topological polar surface area (TPSA) is 58.4 Å². The first-order chi connectivity index (χ1) is 9.13. The lowest BCUT2D eigenvalue weighted by molar-refractivity contribution is 0.0956. The summed E-state index contributed by atoms with van der Waals surface area (Å²) in [4.78, 5) is 14.0. The van der Waals surface area contributed by atoms with Crippen LogP contribution in [-0.4, -0.2) is 37.0 Å². The molecule has 4 nitrogen and oxygen atoms in total. The van der Waals surface area contributed by atoms with Crippen molar-refractivity contribution < 1.29 is 4.79 Å². The number of nitrogens with two attached hydrogens (primary N) is 1. The summed E-state index contributed by atoms with van der Waals surface area (Å²) in [5, 5.41) is 2.78. The first-order valence-corrected chi connectivity index (χ1v) is 7.77. The van der Waals surface area contributed by atoms with Crippen molar-refractivity contribution in [2.45, 2.75) is 19.4 Å². The Labute approximate surface area is 118 Å². The number of nitrogens with zero attached hydrogens (tertiary/aromatic N) is 1. The van der Waals surface area contributed by atoms with E-state index >= 15 is 0 Å². The largest absolute Gasteiger partial charge is 0.397 e. The molecule has 0 spiro atoms. The Hall–Kier alpha value is -1.36. The number of amides is 1. The molecule has 1 aliphatic rings. The van der Waals surface area contributed by atoms with Crippen LogP contribution in [0.15, 0.2) is 18.2 Å². The Morgan fingerprint density at radius 3 is 2.95 bits per heavy atom. The minimum Gasteiger partial charge on any atom is -0.397 e. The summed E-state index contributed by atoms with van der Waals surface area (Å²) in [7, 11) is 2.08. The van der Waals surface area contributed by atoms with Gasteiger partial charge in [0.15, 0.2) is 0 Å². The molecule has 1 aromatic carbocycles. The van der Waals surface area contributed by atoms with Crippen molar-refractivity contribution in [1.82, 2.24) is 5.32 Å². The molecule has 1 aliphatic heterocycles. The van der Waals surface area contributed by atoms with Crippen LogP contribution in [0.3, 0.4) is 0 Å². The van der Waals surface area contributed by atoms with E-state index in [1.807, 2.05) is 30.8 Å². The molecule has 1 aromatic rings. The molecule has 1 fully saturated rings. The minimum absolute atomic E-state index is 0.0696. The van der Waals surface area contributed by atoms with Crippen molar-refractivity contribution in [3.8, 4) is 0 Å². The van der Waals surface area contributed by atoms with E-state index in [9.17, 15) is 4.79 Å². The lowest BCUT2D eigenvalue weighted by Gasteiger charge is -2.27. The molecule has 1 amide bonds. The van der Waals surface area contributed by atoms with Gasteiger partial charge in [0.25, 0.3) is 5.91 Å². The fraction of sp³-hybridized carbons (Fsp3) is 0.500. The Bertz CT molecular complexity index is 458. The van der Waals surface area contributed by atoms with E-state index in [0.29, 0.717) is 23.8 Å². The zero-order valence-electron chi connectivity index (χ0n) is 11.5. The highest BCUT2D eigenvalue weighted by Gasteiger charge is 2.21. The number of benzene rings is 1. The van der Waals surface area contributed by atoms with Crippen LogP contribution in [0.4, 0.5) is 11.4 Å². The Kier molecular flexibility index (Phi) is 4.58. The quantitative estimate of drug-likeness (QED) is 0.827. The number of anilines is 2. The first-order valence-electron chi connectivity index (χ1n) is 6.61. The zero-order valence-corrected chi connectivity index (χ0v) is 12.3. The Morgan fingerprint density at radius 1 is 1.58 bits per heavy atom. The van der Waals surface area contributed by atoms with Gasteiger partial charge in [-0.2, -0.15) is 11.8 Å². The van der Waals surface area contributed by atoms with Crippen LogP contribution in [0.25, 0.3) is 0 Å². The van der Waals surface area contributed by atoms with Crippen molar-refractivity contribution in [3.05, 3.63) is 23.8 Å². The van der Waals surface area contributed by atoms with Gasteiger partial charge in [-0.05, 0) is 37.3 Å². The van der Waals surface area contributed by atoms with E-state index in [0.717, 1.165) is 11.4 Å². The van der Waals surface area contributed by atoms with Crippen molar-refractivity contribution in [2.75, 3.05) is 35.7 Å². The smallest absolute Gasteiger partial charge is 0.251 e. The monoisotopic (exact) mass is 279 g/mol. The van der Waals surface area contributed by atoms with Crippen LogP contribution in [-0.2, 0) is 0 Å². The van der Waals surface area contributed by atoms with E-state index in [4.69, 9.17) is 5.73 Å². The van der Waals surface area contributed by atoms with Gasteiger partial charge in [0.05, 0.1) is 11.4 Å². The molecule has 1 atom stereocenters. The summed E-state index contributed by atoms with van der Waals surface area (Å²) in [6, 6.07) is 6.10. The fourth-order valence-electron chi connectivity index (χ4n) is 2.30. The van der Waals surface area contributed by atoms with E-state index < -0.39 is 0 Å². The van der Waals surface area contributed by atoms with E-state index in [-0.39, 0.29) is 5.91 Å². The van der Waals surface area contributed by atoms with Crippen LogP contribution in [0.2, 0.25) is 0 Å². The van der Waals surface area contributed by atoms with Crippen LogP contribution in [0, 0.1) is 0 Å². The Balaban J connectivity index is 2.16. The van der Waals surface area contributed by atoms with Crippen molar-refractivity contribution in [1.29, 1.82) is 0 Å². The maximum atomic E-state index is 11.8. The predicted molar refractivity (Wildman–Crippen MR) is 83.0 cm³/mol. The molecule has 1 heterocycles. The maximum Gasteiger partial charge on any atom is 0.251 e. The second-order valence-corrected chi connectivity index (χ2v) is 5.91. The number of nitrogen functional groups attached to an aromatic ring is 1. The average Bonchev–Trinajstić information content (AvgIpc) is 2.92. The summed E-state index contributed by atoms with van der Waals surface area (Å²) < 4.78 is 0. The highest BCUT2D eigenvalue weighted by Crippen LogP contribution is 2.30. The zero-order chi connectivity index (χ0) is 13.8. The molecule has 1 unspecified atom stereocenters. The molecule has 0 aromatic heterocycles. The van der Waals surface area contributed by atoms with Crippen LogP contribution < -0.4 is 16.0 Å².